The third-order valence-electron chi connectivity index (χ3n) is 4.09. The van der Waals surface area contributed by atoms with Gasteiger partial charge in [-0.2, -0.15) is 0 Å². The number of fused-ring (bicyclic) bond motifs is 1. The average molecular weight is 451 g/mol. The number of hydrogen-bond acceptors (Lipinski definition) is 2. The van der Waals surface area contributed by atoms with Crippen LogP contribution in [0.15, 0.2) is 22.7 Å². The summed E-state index contributed by atoms with van der Waals surface area (Å²) in [5.74, 6) is -0.318. The van der Waals surface area contributed by atoms with Gasteiger partial charge in [-0.15, -0.1) is 11.3 Å². The Bertz CT molecular complexity index is 831. The largest absolute Gasteiger partial charge is 0.242 e. The lowest BCUT2D eigenvalue weighted by Gasteiger charge is -2.31. The van der Waals surface area contributed by atoms with E-state index in [4.69, 9.17) is 11.6 Å². The molecule has 3 rings (SSSR count). The molecule has 24 heavy (non-hydrogen) atoms. The zero-order valence-corrected chi connectivity index (χ0v) is 17.8. The fourth-order valence-electron chi connectivity index (χ4n) is 2.95. The van der Waals surface area contributed by atoms with Gasteiger partial charge in [-0.25, -0.2) is 12.9 Å². The van der Waals surface area contributed by atoms with E-state index in [0.29, 0.717) is 11.0 Å². The summed E-state index contributed by atoms with van der Waals surface area (Å²) >= 11 is 11.2. The molecule has 130 valence electrons. The molecule has 0 amide bonds. The molecule has 2 atom stereocenters. The van der Waals surface area contributed by atoms with Crippen LogP contribution in [0.4, 0.5) is 4.39 Å². The number of nitrogens with zero attached hydrogens (tertiary/aromatic N) is 1. The summed E-state index contributed by atoms with van der Waals surface area (Å²) in [6, 6.07) is 4.72. The van der Waals surface area contributed by atoms with Crippen molar-refractivity contribution in [2.24, 2.45) is 0 Å². The summed E-state index contributed by atoms with van der Waals surface area (Å²) in [5, 5.41) is 0. The van der Waals surface area contributed by atoms with E-state index in [0.717, 1.165) is 25.9 Å². The lowest BCUT2D eigenvalue weighted by molar-refractivity contribution is 0.404. The normalized spacial score (nSPS) is 19.5. The fraction of sp³-hybridized carbons (Fsp3) is 0.412. The predicted octanol–water partition coefficient (Wildman–Crippen LogP) is 5.98. The molecule has 0 fully saturated rings. The number of thiophene rings is 1. The van der Waals surface area contributed by atoms with Crippen molar-refractivity contribution in [2.75, 3.05) is 0 Å². The second-order valence-corrected chi connectivity index (χ2v) is 11.5. The first-order chi connectivity index (χ1) is 11.1. The molecule has 0 bridgehead atoms. The van der Waals surface area contributed by atoms with Crippen LogP contribution in [0.5, 0.6) is 0 Å². The summed E-state index contributed by atoms with van der Waals surface area (Å²) in [6.45, 7) is 8.39. The highest BCUT2D eigenvalue weighted by molar-refractivity contribution is 9.10. The standard InChI is InChI=1S/C17H18BrClFNOS2/c1-9-13-12(23-16(9)19)8-21(24(22)17(2,3)4)15(13)10-6-5-7-11(20)14(10)18/h5-7,15H,8H2,1-4H3/t15-,24+/m0/s1. The molecule has 7 heteroatoms. The van der Waals surface area contributed by atoms with Crippen LogP contribution in [0.2, 0.25) is 4.34 Å². The van der Waals surface area contributed by atoms with Crippen molar-refractivity contribution >= 4 is 49.9 Å². The summed E-state index contributed by atoms with van der Waals surface area (Å²) in [4.78, 5) is 1.11. The fourth-order valence-corrected chi connectivity index (χ4v) is 6.32. The van der Waals surface area contributed by atoms with Crippen molar-refractivity contribution in [3.05, 3.63) is 54.4 Å². The molecule has 2 heterocycles. The van der Waals surface area contributed by atoms with Gasteiger partial charge in [-0.05, 0) is 66.4 Å². The quantitative estimate of drug-likeness (QED) is 0.551. The average Bonchev–Trinajstić information content (AvgIpc) is 2.98. The van der Waals surface area contributed by atoms with Gasteiger partial charge < -0.3 is 0 Å². The molecule has 0 saturated carbocycles. The first kappa shape index (κ1) is 18.5. The zero-order valence-electron chi connectivity index (χ0n) is 13.8. The minimum absolute atomic E-state index is 0.270. The molecule has 0 saturated heterocycles. The van der Waals surface area contributed by atoms with Crippen LogP contribution in [0.1, 0.15) is 48.4 Å². The van der Waals surface area contributed by atoms with E-state index in [-0.39, 0.29) is 11.9 Å². The Morgan fingerprint density at radius 3 is 2.71 bits per heavy atom. The first-order valence-corrected chi connectivity index (χ1v) is 10.6. The van der Waals surface area contributed by atoms with E-state index in [9.17, 15) is 8.60 Å². The minimum Gasteiger partial charge on any atom is -0.242 e. The zero-order chi connectivity index (χ0) is 17.8. The van der Waals surface area contributed by atoms with Gasteiger partial charge in [0, 0.05) is 11.4 Å². The molecule has 0 aliphatic carbocycles. The van der Waals surface area contributed by atoms with E-state index < -0.39 is 15.7 Å². The highest BCUT2D eigenvalue weighted by atomic mass is 79.9. The van der Waals surface area contributed by atoms with Crippen LogP contribution in [-0.2, 0) is 17.5 Å². The molecule has 0 radical (unpaired) electrons. The predicted molar refractivity (Wildman–Crippen MR) is 103 cm³/mol. The molecule has 0 N–H and O–H groups in total. The van der Waals surface area contributed by atoms with Gasteiger partial charge in [0.25, 0.3) is 0 Å². The molecule has 0 spiro atoms. The Kier molecular flexibility index (Phi) is 4.99. The van der Waals surface area contributed by atoms with Gasteiger partial charge in [-0.3, -0.25) is 0 Å². The molecule has 1 aliphatic rings. The highest BCUT2D eigenvalue weighted by Crippen LogP contribution is 2.50. The number of rotatable bonds is 2. The third-order valence-corrected chi connectivity index (χ3v) is 8.33. The lowest BCUT2D eigenvalue weighted by atomic mass is 9.99. The summed E-state index contributed by atoms with van der Waals surface area (Å²) in [5.41, 5.74) is 2.84. The van der Waals surface area contributed by atoms with Gasteiger partial charge >= 0.3 is 0 Å². The van der Waals surface area contributed by atoms with Crippen molar-refractivity contribution in [3.63, 3.8) is 0 Å². The summed E-state index contributed by atoms with van der Waals surface area (Å²) < 4.78 is 29.9. The maximum atomic E-state index is 14.1. The van der Waals surface area contributed by atoms with Gasteiger partial charge in [0.2, 0.25) is 0 Å². The Morgan fingerprint density at radius 2 is 2.08 bits per heavy atom. The van der Waals surface area contributed by atoms with Crippen molar-refractivity contribution in [3.8, 4) is 0 Å². The second-order valence-electron chi connectivity index (χ2n) is 6.82. The van der Waals surface area contributed by atoms with Crippen LogP contribution in [0.25, 0.3) is 0 Å². The van der Waals surface area contributed by atoms with Gasteiger partial charge in [0.15, 0.2) is 0 Å². The number of benzene rings is 1. The SMILES string of the molecule is Cc1c(Cl)sc2c1[C@H](c1cccc(F)c1Br)N([S@](=O)C(C)(C)C)C2. The van der Waals surface area contributed by atoms with E-state index in [1.165, 1.54) is 17.4 Å². The van der Waals surface area contributed by atoms with Gasteiger partial charge in [0.05, 0.1) is 19.6 Å². The Morgan fingerprint density at radius 1 is 1.42 bits per heavy atom. The summed E-state index contributed by atoms with van der Waals surface area (Å²) in [7, 11) is -1.22. The second kappa shape index (κ2) is 6.47. The maximum Gasteiger partial charge on any atom is 0.137 e. The first-order valence-electron chi connectivity index (χ1n) is 7.53. The molecular formula is C17H18BrClFNOS2. The Labute approximate surface area is 161 Å². The van der Waals surface area contributed by atoms with Crippen LogP contribution in [0, 0.1) is 12.7 Å². The molecule has 1 aromatic heterocycles. The minimum atomic E-state index is -1.22. The van der Waals surface area contributed by atoms with Crippen molar-refractivity contribution < 1.29 is 8.60 Å². The van der Waals surface area contributed by atoms with E-state index in [1.807, 2.05) is 38.1 Å². The highest BCUT2D eigenvalue weighted by Gasteiger charge is 2.42. The monoisotopic (exact) mass is 449 g/mol. The molecule has 0 unspecified atom stereocenters. The van der Waals surface area contributed by atoms with E-state index in [2.05, 4.69) is 15.9 Å². The van der Waals surface area contributed by atoms with E-state index >= 15 is 0 Å². The van der Waals surface area contributed by atoms with E-state index in [1.54, 1.807) is 6.07 Å². The molecule has 1 aliphatic heterocycles. The molecule has 1 aromatic carbocycles. The number of halogens is 3. The Balaban J connectivity index is 2.20. The molecule has 2 nitrogen and oxygen atoms in total. The van der Waals surface area contributed by atoms with Crippen LogP contribution < -0.4 is 0 Å². The number of hydrogen-bond donors (Lipinski definition) is 0. The lowest BCUT2D eigenvalue weighted by Crippen LogP contribution is -2.37. The van der Waals surface area contributed by atoms with Crippen LogP contribution in [0.3, 0.4) is 0 Å². The van der Waals surface area contributed by atoms with Crippen molar-refractivity contribution in [1.82, 2.24) is 4.31 Å². The van der Waals surface area contributed by atoms with Crippen LogP contribution >= 0.6 is 38.9 Å². The van der Waals surface area contributed by atoms with Gasteiger partial charge in [-0.1, -0.05) is 23.7 Å². The maximum absolute atomic E-state index is 14.1. The van der Waals surface area contributed by atoms with Crippen molar-refractivity contribution in [1.29, 1.82) is 0 Å². The smallest absolute Gasteiger partial charge is 0.137 e. The molecular weight excluding hydrogens is 433 g/mol. The Hall–Kier alpha value is -0.270. The van der Waals surface area contributed by atoms with Crippen molar-refractivity contribution in [2.45, 2.75) is 45.0 Å². The van der Waals surface area contributed by atoms with Gasteiger partial charge in [0.1, 0.15) is 16.8 Å². The van der Waals surface area contributed by atoms with Crippen LogP contribution in [-0.4, -0.2) is 13.3 Å². The molecule has 2 aromatic rings. The topological polar surface area (TPSA) is 20.3 Å². The third kappa shape index (κ3) is 3.01. The summed E-state index contributed by atoms with van der Waals surface area (Å²) in [6.07, 6.45) is 0.